The molecule has 4 heterocycles. The topological polar surface area (TPSA) is 83.6 Å². The maximum atomic E-state index is 14.0. The summed E-state index contributed by atoms with van der Waals surface area (Å²) in [7, 11) is 0. The first kappa shape index (κ1) is 32.8. The second-order valence-electron chi connectivity index (χ2n) is 10.8. The molecule has 1 saturated heterocycles. The van der Waals surface area contributed by atoms with Crippen LogP contribution < -0.4 is 0 Å². The van der Waals surface area contributed by atoms with Gasteiger partial charge in [-0.3, -0.25) is 4.79 Å². The van der Waals surface area contributed by atoms with E-state index in [-0.39, 0.29) is 19.0 Å². The van der Waals surface area contributed by atoms with Gasteiger partial charge in [0.15, 0.2) is 5.82 Å². The smallest absolute Gasteiger partial charge is 0.387 e. The normalized spacial score (nSPS) is 14.9. The highest BCUT2D eigenvalue weighted by molar-refractivity contribution is 6.14. The SMILES string of the molecule is O=C(N1CCC(c2nn3c(c2N=C(c2ccccc2)c2ccccc2)CCc2cc(F)cnc2-3)CC1)C(F)(F)F.OCC(F)(F)F. The number of piperidine rings is 1. The first-order valence-corrected chi connectivity index (χ1v) is 14.4. The molecule has 0 spiro atoms. The number of halogens is 7. The van der Waals surface area contributed by atoms with Gasteiger partial charge in [0.25, 0.3) is 0 Å². The summed E-state index contributed by atoms with van der Waals surface area (Å²) >= 11 is 0. The zero-order valence-electron chi connectivity index (χ0n) is 24.2. The van der Waals surface area contributed by atoms with Crippen molar-refractivity contribution in [1.82, 2.24) is 19.7 Å². The molecule has 46 heavy (non-hydrogen) atoms. The average Bonchev–Trinajstić information content (AvgIpc) is 3.42. The number of carbonyl (C=O) groups is 1. The van der Waals surface area contributed by atoms with E-state index in [1.54, 1.807) is 4.68 Å². The predicted octanol–water partition coefficient (Wildman–Crippen LogP) is 6.48. The molecule has 0 unspecified atom stereocenters. The minimum Gasteiger partial charge on any atom is -0.387 e. The molecule has 2 aromatic carbocycles. The number of nitrogens with zero attached hydrogens (tertiary/aromatic N) is 5. The zero-order valence-corrected chi connectivity index (χ0v) is 24.2. The van der Waals surface area contributed by atoms with E-state index in [1.165, 1.54) is 6.07 Å². The predicted molar refractivity (Wildman–Crippen MR) is 155 cm³/mol. The fourth-order valence-electron chi connectivity index (χ4n) is 5.50. The third kappa shape index (κ3) is 7.44. The molecule has 1 fully saturated rings. The Morgan fingerprint density at radius 2 is 1.48 bits per heavy atom. The number of aryl methyl sites for hydroxylation is 1. The number of carbonyl (C=O) groups excluding carboxylic acids is 1. The number of hydrogen-bond acceptors (Lipinski definition) is 5. The van der Waals surface area contributed by atoms with E-state index in [2.05, 4.69) is 4.98 Å². The lowest BCUT2D eigenvalue weighted by Crippen LogP contribution is -2.45. The molecule has 0 saturated carbocycles. The van der Waals surface area contributed by atoms with Gasteiger partial charge >= 0.3 is 18.3 Å². The molecular formula is C32H28F7N5O2. The van der Waals surface area contributed by atoms with E-state index < -0.39 is 30.7 Å². The molecule has 1 amide bonds. The van der Waals surface area contributed by atoms with Crippen molar-refractivity contribution in [3.05, 3.63) is 107 Å². The number of pyridine rings is 1. The van der Waals surface area contributed by atoms with Gasteiger partial charge < -0.3 is 10.0 Å². The van der Waals surface area contributed by atoms with E-state index in [0.717, 1.165) is 39.2 Å². The molecule has 2 aliphatic rings. The van der Waals surface area contributed by atoms with Crippen molar-refractivity contribution in [1.29, 1.82) is 0 Å². The largest absolute Gasteiger partial charge is 0.471 e. The fourth-order valence-corrected chi connectivity index (χ4v) is 5.50. The molecule has 2 aromatic heterocycles. The van der Waals surface area contributed by atoms with Crippen LogP contribution in [0.3, 0.4) is 0 Å². The first-order chi connectivity index (χ1) is 21.9. The number of rotatable bonds is 4. The minimum absolute atomic E-state index is 0.0291. The Labute approximate surface area is 259 Å². The molecule has 1 N–H and O–H groups in total. The van der Waals surface area contributed by atoms with Crippen LogP contribution in [-0.4, -0.2) is 68.4 Å². The van der Waals surface area contributed by atoms with Gasteiger partial charge in [0, 0.05) is 35.7 Å². The van der Waals surface area contributed by atoms with E-state index >= 15 is 0 Å². The molecule has 0 aliphatic carbocycles. The van der Waals surface area contributed by atoms with Gasteiger partial charge in [-0.2, -0.15) is 31.4 Å². The van der Waals surface area contributed by atoms with Gasteiger partial charge in [0.1, 0.15) is 18.1 Å². The van der Waals surface area contributed by atoms with Gasteiger partial charge in [-0.05, 0) is 31.7 Å². The number of benzene rings is 2. The molecule has 0 bridgehead atoms. The van der Waals surface area contributed by atoms with Gasteiger partial charge in [0.05, 0.1) is 23.3 Å². The maximum absolute atomic E-state index is 14.0. The van der Waals surface area contributed by atoms with Gasteiger partial charge in [-0.1, -0.05) is 60.7 Å². The molecule has 0 radical (unpaired) electrons. The molecule has 2 aliphatic heterocycles. The Hall–Kier alpha value is -4.59. The Balaban J connectivity index is 0.000000635. The fraction of sp³-hybridized carbons (Fsp3) is 0.312. The quantitative estimate of drug-likeness (QED) is 0.203. The van der Waals surface area contributed by atoms with E-state index in [9.17, 15) is 35.5 Å². The lowest BCUT2D eigenvalue weighted by Gasteiger charge is -2.31. The summed E-state index contributed by atoms with van der Waals surface area (Å²) < 4.78 is 86.4. The summed E-state index contributed by atoms with van der Waals surface area (Å²) in [6.45, 7) is -1.79. The molecule has 6 rings (SSSR count). The molecule has 14 heteroatoms. The van der Waals surface area contributed by atoms with Gasteiger partial charge in [0.2, 0.25) is 0 Å². The molecule has 4 aromatic rings. The number of likely N-dealkylation sites (tertiary alicyclic amines) is 1. The number of alkyl halides is 6. The summed E-state index contributed by atoms with van der Waals surface area (Å²) in [6.07, 6.45) is -6.42. The van der Waals surface area contributed by atoms with Crippen LogP contribution in [-0.2, 0) is 17.6 Å². The maximum Gasteiger partial charge on any atom is 0.471 e. The van der Waals surface area contributed by atoms with Gasteiger partial charge in [-0.25, -0.2) is 19.0 Å². The van der Waals surface area contributed by atoms with Crippen molar-refractivity contribution >= 4 is 17.3 Å². The number of aliphatic imine (C=N–C) groups is 1. The molecule has 242 valence electrons. The van der Waals surface area contributed by atoms with Crippen LogP contribution in [0.25, 0.3) is 5.82 Å². The highest BCUT2D eigenvalue weighted by Gasteiger charge is 2.44. The van der Waals surface area contributed by atoms with E-state index in [1.807, 2.05) is 60.7 Å². The summed E-state index contributed by atoms with van der Waals surface area (Å²) in [5.41, 5.74) is 5.40. The zero-order chi connectivity index (χ0) is 33.1. The van der Waals surface area contributed by atoms with Crippen molar-refractivity contribution in [2.24, 2.45) is 4.99 Å². The average molecular weight is 648 g/mol. The van der Waals surface area contributed by atoms with Crippen LogP contribution >= 0.6 is 0 Å². The Morgan fingerprint density at radius 3 is 2.00 bits per heavy atom. The summed E-state index contributed by atoms with van der Waals surface area (Å²) in [5, 5.41) is 12.2. The lowest BCUT2D eigenvalue weighted by atomic mass is 9.91. The Morgan fingerprint density at radius 1 is 0.913 bits per heavy atom. The second-order valence-corrected chi connectivity index (χ2v) is 10.8. The number of hydrogen-bond donors (Lipinski definition) is 1. The Bertz CT molecular complexity index is 1650. The third-order valence-corrected chi connectivity index (χ3v) is 7.63. The van der Waals surface area contributed by atoms with Crippen LogP contribution in [0.2, 0.25) is 0 Å². The molecule has 7 nitrogen and oxygen atoms in total. The van der Waals surface area contributed by atoms with Gasteiger partial charge in [-0.15, -0.1) is 0 Å². The number of aliphatic hydroxyl groups is 1. The number of aliphatic hydroxyl groups excluding tert-OH is 1. The number of aromatic nitrogens is 3. The van der Waals surface area contributed by atoms with Crippen LogP contribution in [0, 0.1) is 5.82 Å². The van der Waals surface area contributed by atoms with Crippen molar-refractivity contribution in [2.45, 2.75) is 44.0 Å². The second kappa shape index (κ2) is 13.4. The minimum atomic E-state index is -4.90. The van der Waals surface area contributed by atoms with Crippen LogP contribution in [0.4, 0.5) is 36.4 Å². The summed E-state index contributed by atoms with van der Waals surface area (Å²) in [5.74, 6) is -1.93. The molecular weight excluding hydrogens is 619 g/mol. The standard InChI is InChI=1S/C30H25F4N5O.C2H3F3O/c31-23-17-22-11-12-24-27(36-25(19-7-3-1-4-8-19)20-9-5-2-6-10-20)26(37-39(24)28(22)35-18-23)21-13-15-38(16-14-21)29(40)30(32,33)34;3-2(4,5)1-6/h1-10,17-18,21H,11-16H2;6H,1H2. The van der Waals surface area contributed by atoms with Crippen LogP contribution in [0.15, 0.2) is 77.9 Å². The van der Waals surface area contributed by atoms with Crippen LogP contribution in [0.5, 0.6) is 0 Å². The first-order valence-electron chi connectivity index (χ1n) is 14.4. The highest BCUT2D eigenvalue weighted by Crippen LogP contribution is 2.40. The summed E-state index contributed by atoms with van der Waals surface area (Å²) in [4.78, 5) is 22.2. The third-order valence-electron chi connectivity index (χ3n) is 7.63. The van der Waals surface area contributed by atoms with Crippen molar-refractivity contribution in [3.8, 4) is 5.82 Å². The number of fused-ring (bicyclic) bond motifs is 3. The highest BCUT2D eigenvalue weighted by atomic mass is 19.4. The summed E-state index contributed by atoms with van der Waals surface area (Å²) in [6, 6.07) is 20.9. The number of amides is 1. The molecule has 0 atom stereocenters. The van der Waals surface area contributed by atoms with Crippen molar-refractivity contribution < 1.29 is 40.6 Å². The van der Waals surface area contributed by atoms with E-state index in [4.69, 9.17) is 15.2 Å². The Kier molecular flexibility index (Phi) is 9.56. The van der Waals surface area contributed by atoms with Crippen molar-refractivity contribution in [3.63, 3.8) is 0 Å². The lowest BCUT2D eigenvalue weighted by molar-refractivity contribution is -0.186. The van der Waals surface area contributed by atoms with Crippen LogP contribution in [0.1, 0.15) is 46.8 Å². The van der Waals surface area contributed by atoms with Crippen molar-refractivity contribution in [2.75, 3.05) is 19.7 Å². The monoisotopic (exact) mass is 647 g/mol. The van der Waals surface area contributed by atoms with E-state index in [0.29, 0.717) is 42.9 Å².